The van der Waals surface area contributed by atoms with E-state index in [0.717, 1.165) is 5.56 Å². The number of carbonyl (C=O) groups is 3. The number of nitrogens with one attached hydrogen (secondary N) is 1. The van der Waals surface area contributed by atoms with E-state index in [-0.39, 0.29) is 23.3 Å². The molecule has 0 bridgehead atoms. The molecule has 1 aromatic rings. The first-order valence-electron chi connectivity index (χ1n) is 9.90. The average Bonchev–Trinajstić information content (AvgIpc) is 2.67. The molecule has 0 aliphatic carbocycles. The van der Waals surface area contributed by atoms with E-state index in [1.54, 1.807) is 18.0 Å². The minimum absolute atomic E-state index is 0.0308. The van der Waals surface area contributed by atoms with Crippen LogP contribution in [0, 0.1) is 0 Å². The molecule has 30 heavy (non-hydrogen) atoms. The van der Waals surface area contributed by atoms with Gasteiger partial charge in [-0.25, -0.2) is 4.79 Å². The molecule has 0 unspecified atom stereocenters. The summed E-state index contributed by atoms with van der Waals surface area (Å²) in [5.74, 6) is 0.322. The molecule has 166 valence electrons. The Morgan fingerprint density at radius 3 is 2.57 bits per heavy atom. The zero-order chi connectivity index (χ0) is 22.1. The highest BCUT2D eigenvalue weighted by Crippen LogP contribution is 2.15. The summed E-state index contributed by atoms with van der Waals surface area (Å²) in [7, 11) is 1.67. The lowest BCUT2D eigenvalue weighted by Gasteiger charge is -2.26. The molecular weight excluding hydrogens is 406 g/mol. The number of rotatable bonds is 7. The van der Waals surface area contributed by atoms with Crippen molar-refractivity contribution in [3.63, 3.8) is 0 Å². The van der Waals surface area contributed by atoms with Gasteiger partial charge in [-0.1, -0.05) is 12.1 Å². The largest absolute Gasteiger partial charge is 0.444 e. The van der Waals surface area contributed by atoms with Gasteiger partial charge in [0.15, 0.2) is 0 Å². The van der Waals surface area contributed by atoms with Crippen molar-refractivity contribution in [3.8, 4) is 0 Å². The number of anilines is 1. The van der Waals surface area contributed by atoms with Crippen LogP contribution in [0.3, 0.4) is 0 Å². The van der Waals surface area contributed by atoms with Crippen molar-refractivity contribution in [2.45, 2.75) is 32.9 Å². The van der Waals surface area contributed by atoms with Crippen molar-refractivity contribution in [3.05, 3.63) is 29.8 Å². The van der Waals surface area contributed by atoms with E-state index < -0.39 is 11.7 Å². The molecule has 1 aliphatic heterocycles. The van der Waals surface area contributed by atoms with E-state index in [2.05, 4.69) is 5.32 Å². The van der Waals surface area contributed by atoms with Gasteiger partial charge < -0.3 is 24.6 Å². The van der Waals surface area contributed by atoms with Crippen LogP contribution in [-0.4, -0.2) is 78.2 Å². The molecule has 0 spiro atoms. The predicted octanol–water partition coefficient (Wildman–Crippen LogP) is 2.58. The van der Waals surface area contributed by atoms with Crippen LogP contribution in [0.1, 0.15) is 26.3 Å². The number of nitrogens with zero attached hydrogens (tertiary/aromatic N) is 2. The standard InChI is InChI=1S/C21H31N3O5S/c1-21(2,3)29-20(27)23(4)13-16-6-5-7-17(12-16)22-18(25)14-30-15-19(26)24-8-10-28-11-9-24/h5-7,12H,8-11,13-15H2,1-4H3,(H,22,25). The van der Waals surface area contributed by atoms with Crippen molar-refractivity contribution in [1.82, 2.24) is 9.80 Å². The summed E-state index contributed by atoms with van der Waals surface area (Å²) < 4.78 is 10.6. The first-order valence-corrected chi connectivity index (χ1v) is 11.1. The van der Waals surface area contributed by atoms with Gasteiger partial charge in [0.05, 0.1) is 24.7 Å². The van der Waals surface area contributed by atoms with Gasteiger partial charge in [0.2, 0.25) is 11.8 Å². The van der Waals surface area contributed by atoms with Crippen molar-refractivity contribution in [1.29, 1.82) is 0 Å². The van der Waals surface area contributed by atoms with Crippen LogP contribution in [0.2, 0.25) is 0 Å². The Labute approximate surface area is 182 Å². The van der Waals surface area contributed by atoms with Crippen LogP contribution in [0.25, 0.3) is 0 Å². The Bertz CT molecular complexity index is 744. The first kappa shape index (κ1) is 24.0. The molecule has 8 nitrogen and oxygen atoms in total. The summed E-state index contributed by atoms with van der Waals surface area (Å²) in [6, 6.07) is 7.32. The number of carbonyl (C=O) groups excluding carboxylic acids is 3. The van der Waals surface area contributed by atoms with Gasteiger partial charge in [-0.15, -0.1) is 11.8 Å². The maximum absolute atomic E-state index is 12.2. The quantitative estimate of drug-likeness (QED) is 0.705. The fourth-order valence-corrected chi connectivity index (χ4v) is 3.47. The summed E-state index contributed by atoms with van der Waals surface area (Å²) in [6.07, 6.45) is -0.404. The van der Waals surface area contributed by atoms with Gasteiger partial charge in [0.1, 0.15) is 5.60 Å². The lowest BCUT2D eigenvalue weighted by atomic mass is 10.2. The molecule has 0 aromatic heterocycles. The zero-order valence-electron chi connectivity index (χ0n) is 18.1. The second kappa shape index (κ2) is 11.2. The van der Waals surface area contributed by atoms with Crippen LogP contribution in [-0.2, 0) is 25.6 Å². The third-order valence-corrected chi connectivity index (χ3v) is 5.08. The molecule has 0 radical (unpaired) electrons. The van der Waals surface area contributed by atoms with Crippen molar-refractivity contribution < 1.29 is 23.9 Å². The van der Waals surface area contributed by atoms with Gasteiger partial charge in [-0.3, -0.25) is 9.59 Å². The third-order valence-electron chi connectivity index (χ3n) is 4.16. The smallest absolute Gasteiger partial charge is 0.410 e. The van der Waals surface area contributed by atoms with Crippen molar-refractivity contribution >= 4 is 35.4 Å². The normalized spacial score (nSPS) is 14.2. The molecule has 1 heterocycles. The minimum atomic E-state index is -0.554. The number of thioether (sulfide) groups is 1. The molecule has 0 atom stereocenters. The topological polar surface area (TPSA) is 88.2 Å². The lowest BCUT2D eigenvalue weighted by molar-refractivity contribution is -0.132. The molecule has 2 rings (SSSR count). The Morgan fingerprint density at radius 1 is 1.20 bits per heavy atom. The number of hydrogen-bond donors (Lipinski definition) is 1. The van der Waals surface area contributed by atoms with Crippen molar-refractivity contribution in [2.24, 2.45) is 0 Å². The number of morpholine rings is 1. The van der Waals surface area contributed by atoms with E-state index in [4.69, 9.17) is 9.47 Å². The van der Waals surface area contributed by atoms with Crippen molar-refractivity contribution in [2.75, 3.05) is 50.2 Å². The molecule has 1 aliphatic rings. The maximum Gasteiger partial charge on any atom is 0.410 e. The highest BCUT2D eigenvalue weighted by Gasteiger charge is 2.20. The highest BCUT2D eigenvalue weighted by molar-refractivity contribution is 8.00. The monoisotopic (exact) mass is 437 g/mol. The first-order chi connectivity index (χ1) is 14.1. The van der Waals surface area contributed by atoms with Crippen LogP contribution >= 0.6 is 11.8 Å². The summed E-state index contributed by atoms with van der Waals surface area (Å²) in [5.41, 5.74) is 0.966. The average molecular weight is 438 g/mol. The summed E-state index contributed by atoms with van der Waals surface area (Å²) in [5, 5.41) is 2.84. The fraction of sp³-hybridized carbons (Fsp3) is 0.571. The van der Waals surface area contributed by atoms with Gasteiger partial charge in [-0.05, 0) is 38.5 Å². The Morgan fingerprint density at radius 2 is 1.90 bits per heavy atom. The molecule has 1 aromatic carbocycles. The molecule has 1 fully saturated rings. The van der Waals surface area contributed by atoms with E-state index in [1.165, 1.54) is 16.7 Å². The molecule has 0 saturated carbocycles. The lowest BCUT2D eigenvalue weighted by Crippen LogP contribution is -2.41. The third kappa shape index (κ3) is 8.62. The molecule has 1 saturated heterocycles. The highest BCUT2D eigenvalue weighted by atomic mass is 32.2. The Balaban J connectivity index is 1.77. The SMILES string of the molecule is CN(Cc1cccc(NC(=O)CSCC(=O)N2CCOCC2)c1)C(=O)OC(C)(C)C. The number of benzene rings is 1. The number of ether oxygens (including phenoxy) is 2. The van der Waals surface area contributed by atoms with Crippen LogP contribution in [0.4, 0.5) is 10.5 Å². The van der Waals surface area contributed by atoms with Crippen LogP contribution in [0.5, 0.6) is 0 Å². The molecule has 3 amide bonds. The van der Waals surface area contributed by atoms with E-state index in [9.17, 15) is 14.4 Å². The van der Waals surface area contributed by atoms with Gasteiger partial charge in [0.25, 0.3) is 0 Å². The predicted molar refractivity (Wildman–Crippen MR) is 117 cm³/mol. The summed E-state index contributed by atoms with van der Waals surface area (Å²) in [4.78, 5) is 39.7. The summed E-state index contributed by atoms with van der Waals surface area (Å²) in [6.45, 7) is 8.17. The second-order valence-corrected chi connectivity index (χ2v) is 9.06. The molecule has 9 heteroatoms. The van der Waals surface area contributed by atoms with Gasteiger partial charge in [-0.2, -0.15) is 0 Å². The zero-order valence-corrected chi connectivity index (χ0v) is 18.9. The van der Waals surface area contributed by atoms with Gasteiger partial charge >= 0.3 is 6.09 Å². The maximum atomic E-state index is 12.2. The Kier molecular flexibility index (Phi) is 8.98. The van der Waals surface area contributed by atoms with E-state index in [1.807, 2.05) is 39.0 Å². The second-order valence-electron chi connectivity index (χ2n) is 8.07. The Hall–Kier alpha value is -2.26. The number of amides is 3. The van der Waals surface area contributed by atoms with E-state index in [0.29, 0.717) is 38.5 Å². The van der Waals surface area contributed by atoms with Crippen LogP contribution < -0.4 is 5.32 Å². The van der Waals surface area contributed by atoms with E-state index >= 15 is 0 Å². The van der Waals surface area contributed by atoms with Crippen LogP contribution in [0.15, 0.2) is 24.3 Å². The minimum Gasteiger partial charge on any atom is -0.444 e. The molecular formula is C21H31N3O5S. The summed E-state index contributed by atoms with van der Waals surface area (Å²) >= 11 is 1.29. The number of hydrogen-bond acceptors (Lipinski definition) is 6. The van der Waals surface area contributed by atoms with Gasteiger partial charge in [0, 0.05) is 32.4 Å². The fourth-order valence-electron chi connectivity index (χ4n) is 2.76. The molecule has 1 N–H and O–H groups in total.